The highest BCUT2D eigenvalue weighted by Gasteiger charge is 2.18. The Hall–Kier alpha value is -1.72. The average Bonchev–Trinajstić information content (AvgIpc) is 2.39. The smallest absolute Gasteiger partial charge is 0.212 e. The molecule has 0 aliphatic heterocycles. The van der Waals surface area contributed by atoms with Crippen LogP contribution in [0.1, 0.15) is 24.1 Å². The van der Waals surface area contributed by atoms with Crippen molar-refractivity contribution in [2.24, 2.45) is 0 Å². The molecular formula is C15H16FNO2S. The summed E-state index contributed by atoms with van der Waals surface area (Å²) >= 11 is 0. The molecule has 0 unspecified atom stereocenters. The van der Waals surface area contributed by atoms with E-state index in [1.165, 1.54) is 6.07 Å². The number of rotatable bonds is 5. The molecule has 0 saturated carbocycles. The fourth-order valence-electron chi connectivity index (χ4n) is 1.99. The third-order valence-corrected chi connectivity index (χ3v) is 4.35. The van der Waals surface area contributed by atoms with Gasteiger partial charge in [0.2, 0.25) is 10.0 Å². The Morgan fingerprint density at radius 2 is 1.65 bits per heavy atom. The summed E-state index contributed by atoms with van der Waals surface area (Å²) in [5.41, 5.74) is 1.03. The number of sulfonamides is 1. The van der Waals surface area contributed by atoms with Crippen molar-refractivity contribution >= 4 is 10.0 Å². The lowest BCUT2D eigenvalue weighted by Gasteiger charge is -2.15. The molecule has 0 heterocycles. The second-order valence-electron chi connectivity index (χ2n) is 4.61. The number of hydrogen-bond acceptors (Lipinski definition) is 2. The predicted molar refractivity (Wildman–Crippen MR) is 77.0 cm³/mol. The number of benzene rings is 2. The van der Waals surface area contributed by atoms with Crippen LogP contribution < -0.4 is 4.72 Å². The van der Waals surface area contributed by atoms with Crippen LogP contribution in [0.25, 0.3) is 0 Å². The van der Waals surface area contributed by atoms with E-state index in [2.05, 4.69) is 4.72 Å². The highest BCUT2D eigenvalue weighted by molar-refractivity contribution is 7.88. The third-order valence-electron chi connectivity index (χ3n) is 2.93. The summed E-state index contributed by atoms with van der Waals surface area (Å²) in [6.45, 7) is 1.63. The maximum atomic E-state index is 13.6. The van der Waals surface area contributed by atoms with Gasteiger partial charge in [-0.05, 0) is 18.6 Å². The van der Waals surface area contributed by atoms with Gasteiger partial charge in [-0.25, -0.2) is 17.5 Å². The van der Waals surface area contributed by atoms with Crippen LogP contribution in [0, 0.1) is 5.82 Å². The summed E-state index contributed by atoms with van der Waals surface area (Å²) in [6, 6.07) is 14.4. The van der Waals surface area contributed by atoms with E-state index >= 15 is 0 Å². The van der Waals surface area contributed by atoms with Crippen molar-refractivity contribution in [3.05, 3.63) is 71.5 Å². The molecule has 106 valence electrons. The van der Waals surface area contributed by atoms with Crippen molar-refractivity contribution in [2.45, 2.75) is 18.7 Å². The molecule has 0 fully saturated rings. The second kappa shape index (κ2) is 6.15. The van der Waals surface area contributed by atoms with Crippen LogP contribution in [-0.2, 0) is 15.8 Å². The summed E-state index contributed by atoms with van der Waals surface area (Å²) in [7, 11) is -3.52. The van der Waals surface area contributed by atoms with E-state index < -0.39 is 21.9 Å². The normalized spacial score (nSPS) is 13.1. The number of nitrogens with one attached hydrogen (secondary N) is 1. The lowest BCUT2D eigenvalue weighted by atomic mass is 10.1. The van der Waals surface area contributed by atoms with Gasteiger partial charge in [0.05, 0.1) is 5.75 Å². The summed E-state index contributed by atoms with van der Waals surface area (Å²) in [5, 5.41) is 0. The fourth-order valence-corrected chi connectivity index (χ4v) is 3.37. The zero-order valence-corrected chi connectivity index (χ0v) is 11.9. The largest absolute Gasteiger partial charge is 0.216 e. The first-order chi connectivity index (χ1) is 9.48. The van der Waals surface area contributed by atoms with Gasteiger partial charge in [-0.2, -0.15) is 0 Å². The molecule has 1 atom stereocenters. The van der Waals surface area contributed by atoms with Gasteiger partial charge in [0.15, 0.2) is 0 Å². The molecule has 0 aliphatic carbocycles. The Kier molecular flexibility index (Phi) is 4.52. The summed E-state index contributed by atoms with van der Waals surface area (Å²) < 4.78 is 40.2. The Labute approximate surface area is 118 Å². The molecule has 1 N–H and O–H groups in total. The zero-order valence-electron chi connectivity index (χ0n) is 11.1. The first-order valence-electron chi connectivity index (χ1n) is 6.26. The van der Waals surface area contributed by atoms with E-state index in [-0.39, 0.29) is 5.75 Å². The Bertz CT molecular complexity index is 671. The van der Waals surface area contributed by atoms with Crippen molar-refractivity contribution in [1.29, 1.82) is 0 Å². The third kappa shape index (κ3) is 3.88. The highest BCUT2D eigenvalue weighted by Crippen LogP contribution is 2.17. The fraction of sp³-hybridized carbons (Fsp3) is 0.200. The van der Waals surface area contributed by atoms with Crippen LogP contribution in [-0.4, -0.2) is 8.42 Å². The molecule has 0 spiro atoms. The van der Waals surface area contributed by atoms with Crippen LogP contribution in [0.15, 0.2) is 54.6 Å². The molecule has 2 rings (SSSR count). The summed E-state index contributed by atoms with van der Waals surface area (Å²) in [4.78, 5) is 0. The molecule has 2 aromatic rings. The Morgan fingerprint density at radius 3 is 2.30 bits per heavy atom. The van der Waals surface area contributed by atoms with Gasteiger partial charge in [0.1, 0.15) is 5.82 Å². The van der Waals surface area contributed by atoms with Gasteiger partial charge in [0.25, 0.3) is 0 Å². The van der Waals surface area contributed by atoms with Gasteiger partial charge < -0.3 is 0 Å². The van der Waals surface area contributed by atoms with E-state index in [1.807, 2.05) is 6.07 Å². The molecule has 0 saturated heterocycles. The van der Waals surface area contributed by atoms with Crippen molar-refractivity contribution < 1.29 is 12.8 Å². The van der Waals surface area contributed by atoms with E-state index in [4.69, 9.17) is 0 Å². The highest BCUT2D eigenvalue weighted by atomic mass is 32.2. The van der Waals surface area contributed by atoms with E-state index in [9.17, 15) is 12.8 Å². The minimum absolute atomic E-state index is 0.118. The van der Waals surface area contributed by atoms with Crippen molar-refractivity contribution in [1.82, 2.24) is 4.72 Å². The Balaban J connectivity index is 2.11. The molecule has 5 heteroatoms. The minimum atomic E-state index is -3.52. The van der Waals surface area contributed by atoms with Gasteiger partial charge in [-0.1, -0.05) is 48.5 Å². The number of halogens is 1. The molecule has 2 aromatic carbocycles. The molecule has 0 radical (unpaired) electrons. The quantitative estimate of drug-likeness (QED) is 0.921. The first-order valence-corrected chi connectivity index (χ1v) is 7.91. The topological polar surface area (TPSA) is 46.2 Å². The van der Waals surface area contributed by atoms with E-state index in [1.54, 1.807) is 49.4 Å². The van der Waals surface area contributed by atoms with Crippen LogP contribution in [0.2, 0.25) is 0 Å². The molecule has 20 heavy (non-hydrogen) atoms. The average molecular weight is 293 g/mol. The van der Waals surface area contributed by atoms with E-state index in [0.29, 0.717) is 11.1 Å². The molecule has 0 amide bonds. The van der Waals surface area contributed by atoms with E-state index in [0.717, 1.165) is 0 Å². The van der Waals surface area contributed by atoms with Crippen molar-refractivity contribution in [2.75, 3.05) is 0 Å². The predicted octanol–water partition coefficient (Wildman–Crippen LogP) is 3.01. The van der Waals surface area contributed by atoms with Crippen LogP contribution in [0.5, 0.6) is 0 Å². The van der Waals surface area contributed by atoms with Crippen molar-refractivity contribution in [3.63, 3.8) is 0 Å². The SMILES string of the molecule is C[C@H](NS(=O)(=O)Cc1ccccc1)c1ccccc1F. The van der Waals surface area contributed by atoms with Crippen LogP contribution >= 0.6 is 0 Å². The minimum Gasteiger partial charge on any atom is -0.212 e. The molecule has 3 nitrogen and oxygen atoms in total. The Morgan fingerprint density at radius 1 is 1.05 bits per heavy atom. The molecule has 0 aliphatic rings. The van der Waals surface area contributed by atoms with Gasteiger partial charge >= 0.3 is 0 Å². The van der Waals surface area contributed by atoms with Crippen molar-refractivity contribution in [3.8, 4) is 0 Å². The zero-order chi connectivity index (χ0) is 14.6. The summed E-state index contributed by atoms with van der Waals surface area (Å²) in [5.74, 6) is -0.533. The molecule has 0 aromatic heterocycles. The van der Waals surface area contributed by atoms with Gasteiger partial charge in [-0.3, -0.25) is 0 Å². The van der Waals surface area contributed by atoms with Crippen LogP contribution in [0.3, 0.4) is 0 Å². The molecule has 0 bridgehead atoms. The first kappa shape index (κ1) is 14.7. The maximum Gasteiger partial charge on any atom is 0.216 e. The molecular weight excluding hydrogens is 277 g/mol. The lowest BCUT2D eigenvalue weighted by molar-refractivity contribution is 0.549. The second-order valence-corrected chi connectivity index (χ2v) is 6.36. The van der Waals surface area contributed by atoms with Crippen LogP contribution in [0.4, 0.5) is 4.39 Å². The monoisotopic (exact) mass is 293 g/mol. The standard InChI is InChI=1S/C15H16FNO2S/c1-12(14-9-5-6-10-15(14)16)17-20(18,19)11-13-7-3-2-4-8-13/h2-10,12,17H,11H2,1H3/t12-/m0/s1. The maximum absolute atomic E-state index is 13.6. The lowest BCUT2D eigenvalue weighted by Crippen LogP contribution is -2.28. The number of hydrogen-bond donors (Lipinski definition) is 1. The summed E-state index contributed by atoms with van der Waals surface area (Å²) in [6.07, 6.45) is 0. The van der Waals surface area contributed by atoms with Gasteiger partial charge in [0, 0.05) is 11.6 Å². The van der Waals surface area contributed by atoms with Gasteiger partial charge in [-0.15, -0.1) is 0 Å².